The molecule has 0 aliphatic carbocycles. The van der Waals surface area contributed by atoms with E-state index in [-0.39, 0.29) is 0 Å². The predicted molar refractivity (Wildman–Crippen MR) is 76.7 cm³/mol. The molecule has 2 aromatic carbocycles. The lowest BCUT2D eigenvalue weighted by Crippen LogP contribution is -2.01. The summed E-state index contributed by atoms with van der Waals surface area (Å²) in [7, 11) is 0. The largest absolute Gasteiger partial charge is 0.379 e. The van der Waals surface area contributed by atoms with E-state index >= 15 is 0 Å². The summed E-state index contributed by atoms with van der Waals surface area (Å²) in [6.07, 6.45) is 1.92. The van der Waals surface area contributed by atoms with Gasteiger partial charge in [-0.05, 0) is 29.8 Å². The minimum absolute atomic E-state index is 0.320. The van der Waals surface area contributed by atoms with Crippen molar-refractivity contribution in [3.63, 3.8) is 0 Å². The molecule has 1 aromatic heterocycles. The first-order valence-corrected chi connectivity index (χ1v) is 6.26. The first kappa shape index (κ1) is 12.2. The summed E-state index contributed by atoms with van der Waals surface area (Å²) in [6.45, 7) is 0.521. The van der Waals surface area contributed by atoms with Gasteiger partial charge in [-0.3, -0.25) is 0 Å². The molecule has 0 fully saturated rings. The van der Waals surface area contributed by atoms with Gasteiger partial charge >= 0.3 is 0 Å². The zero-order valence-corrected chi connectivity index (χ0v) is 10.7. The Morgan fingerprint density at radius 3 is 2.85 bits per heavy atom. The van der Waals surface area contributed by atoms with E-state index in [2.05, 4.69) is 10.3 Å². The summed E-state index contributed by atoms with van der Waals surface area (Å²) in [6, 6.07) is 14.3. The van der Waals surface area contributed by atoms with E-state index in [4.69, 9.17) is 5.26 Å². The lowest BCUT2D eigenvalue weighted by atomic mass is 10.1. The van der Waals surface area contributed by atoms with E-state index < -0.39 is 5.82 Å². The summed E-state index contributed by atoms with van der Waals surface area (Å²) < 4.78 is 13.8. The Hall–Kier alpha value is -2.80. The molecular weight excluding hydrogens is 253 g/mol. The van der Waals surface area contributed by atoms with Crippen molar-refractivity contribution in [3.8, 4) is 6.07 Å². The molecule has 0 bridgehead atoms. The molecule has 0 spiro atoms. The maximum atomic E-state index is 13.8. The van der Waals surface area contributed by atoms with Crippen LogP contribution in [-0.4, -0.2) is 4.98 Å². The SMILES string of the molecule is N#Cc1ccc(NCc2c[nH]c3ccccc23)c(F)c1. The number of halogens is 1. The fraction of sp³-hybridized carbons (Fsp3) is 0.0625. The average Bonchev–Trinajstić information content (AvgIpc) is 2.89. The number of H-pyrrole nitrogens is 1. The Bertz CT molecular complexity index is 799. The van der Waals surface area contributed by atoms with Crippen molar-refractivity contribution in [2.45, 2.75) is 6.54 Å². The minimum atomic E-state index is -0.413. The second kappa shape index (κ2) is 5.06. The van der Waals surface area contributed by atoms with Crippen LogP contribution in [0.25, 0.3) is 10.9 Å². The number of nitrogens with one attached hydrogen (secondary N) is 2. The van der Waals surface area contributed by atoms with Crippen LogP contribution in [0.2, 0.25) is 0 Å². The van der Waals surface area contributed by atoms with Gasteiger partial charge in [0.2, 0.25) is 0 Å². The molecule has 20 heavy (non-hydrogen) atoms. The Morgan fingerprint density at radius 1 is 1.20 bits per heavy atom. The Labute approximate surface area is 115 Å². The van der Waals surface area contributed by atoms with E-state index in [1.165, 1.54) is 6.07 Å². The summed E-state index contributed by atoms with van der Waals surface area (Å²) in [5.74, 6) is -0.413. The van der Waals surface area contributed by atoms with Gasteiger partial charge in [0.15, 0.2) is 0 Å². The van der Waals surface area contributed by atoms with Gasteiger partial charge in [-0.15, -0.1) is 0 Å². The van der Waals surface area contributed by atoms with Gasteiger partial charge in [-0.2, -0.15) is 5.26 Å². The van der Waals surface area contributed by atoms with Gasteiger partial charge in [0, 0.05) is 23.6 Å². The van der Waals surface area contributed by atoms with Crippen molar-refractivity contribution in [2.24, 2.45) is 0 Å². The number of fused-ring (bicyclic) bond motifs is 1. The van der Waals surface area contributed by atoms with Crippen LogP contribution >= 0.6 is 0 Å². The molecule has 3 aromatic rings. The minimum Gasteiger partial charge on any atom is -0.379 e. The van der Waals surface area contributed by atoms with Crippen LogP contribution < -0.4 is 5.32 Å². The molecule has 3 rings (SSSR count). The predicted octanol–water partition coefficient (Wildman–Crippen LogP) is 3.79. The van der Waals surface area contributed by atoms with Crippen molar-refractivity contribution in [3.05, 3.63) is 65.6 Å². The molecule has 98 valence electrons. The van der Waals surface area contributed by atoms with Crippen LogP contribution in [-0.2, 0) is 6.54 Å². The van der Waals surface area contributed by atoms with E-state index in [1.807, 2.05) is 36.5 Å². The van der Waals surface area contributed by atoms with Crippen LogP contribution in [0.15, 0.2) is 48.7 Å². The van der Waals surface area contributed by atoms with Crippen molar-refractivity contribution in [1.82, 2.24) is 4.98 Å². The molecule has 0 unspecified atom stereocenters. The lowest BCUT2D eigenvalue weighted by Gasteiger charge is -2.07. The first-order chi connectivity index (χ1) is 9.78. The molecule has 0 saturated carbocycles. The Kier molecular flexibility index (Phi) is 3.10. The smallest absolute Gasteiger partial charge is 0.147 e. The summed E-state index contributed by atoms with van der Waals surface area (Å²) >= 11 is 0. The van der Waals surface area contributed by atoms with Gasteiger partial charge in [0.1, 0.15) is 5.82 Å². The topological polar surface area (TPSA) is 51.6 Å². The third-order valence-electron chi connectivity index (χ3n) is 3.24. The van der Waals surface area contributed by atoms with Crippen LogP contribution in [0.4, 0.5) is 10.1 Å². The second-order valence-corrected chi connectivity index (χ2v) is 4.52. The van der Waals surface area contributed by atoms with Gasteiger partial charge in [0.05, 0.1) is 17.3 Å². The normalized spacial score (nSPS) is 10.4. The highest BCUT2D eigenvalue weighted by molar-refractivity contribution is 5.83. The van der Waals surface area contributed by atoms with Gasteiger partial charge in [-0.1, -0.05) is 18.2 Å². The monoisotopic (exact) mass is 265 g/mol. The fourth-order valence-corrected chi connectivity index (χ4v) is 2.20. The number of hydrogen-bond acceptors (Lipinski definition) is 2. The molecule has 0 atom stereocenters. The van der Waals surface area contributed by atoms with E-state index in [0.29, 0.717) is 17.8 Å². The molecule has 4 heteroatoms. The van der Waals surface area contributed by atoms with Crippen LogP contribution in [0.1, 0.15) is 11.1 Å². The zero-order chi connectivity index (χ0) is 13.9. The summed E-state index contributed by atoms with van der Waals surface area (Å²) in [5, 5.41) is 12.9. The number of anilines is 1. The lowest BCUT2D eigenvalue weighted by molar-refractivity contribution is 0.629. The third kappa shape index (κ3) is 2.21. The van der Waals surface area contributed by atoms with Gasteiger partial charge in [-0.25, -0.2) is 4.39 Å². The molecule has 2 N–H and O–H groups in total. The summed E-state index contributed by atoms with van der Waals surface area (Å²) in [5.41, 5.74) is 2.85. The zero-order valence-electron chi connectivity index (χ0n) is 10.7. The van der Waals surface area contributed by atoms with Crippen LogP contribution in [0.3, 0.4) is 0 Å². The van der Waals surface area contributed by atoms with E-state index in [0.717, 1.165) is 16.5 Å². The number of benzene rings is 2. The number of rotatable bonds is 3. The van der Waals surface area contributed by atoms with Crippen molar-refractivity contribution in [2.75, 3.05) is 5.32 Å². The van der Waals surface area contributed by atoms with Crippen molar-refractivity contribution in [1.29, 1.82) is 5.26 Å². The van der Waals surface area contributed by atoms with Gasteiger partial charge in [0.25, 0.3) is 0 Å². The number of aromatic amines is 1. The summed E-state index contributed by atoms with van der Waals surface area (Å²) in [4.78, 5) is 3.18. The average molecular weight is 265 g/mol. The molecule has 0 amide bonds. The van der Waals surface area contributed by atoms with Crippen molar-refractivity contribution >= 4 is 16.6 Å². The highest BCUT2D eigenvalue weighted by Gasteiger charge is 2.06. The highest BCUT2D eigenvalue weighted by atomic mass is 19.1. The van der Waals surface area contributed by atoms with Gasteiger partial charge < -0.3 is 10.3 Å². The fourth-order valence-electron chi connectivity index (χ4n) is 2.20. The molecular formula is C16H12FN3. The standard InChI is InChI=1S/C16H12FN3/c17-14-7-11(8-18)5-6-16(14)20-10-12-9-19-15-4-2-1-3-13(12)15/h1-7,9,19-20H,10H2. The molecule has 0 aliphatic rings. The maximum Gasteiger partial charge on any atom is 0.147 e. The van der Waals surface area contributed by atoms with E-state index in [1.54, 1.807) is 12.1 Å². The molecule has 0 saturated heterocycles. The quantitative estimate of drug-likeness (QED) is 0.757. The number of para-hydroxylation sites is 1. The Balaban J connectivity index is 1.81. The second-order valence-electron chi connectivity index (χ2n) is 4.52. The molecule has 1 heterocycles. The van der Waals surface area contributed by atoms with Crippen LogP contribution in [0, 0.1) is 17.1 Å². The van der Waals surface area contributed by atoms with Crippen molar-refractivity contribution < 1.29 is 4.39 Å². The maximum absolute atomic E-state index is 13.8. The van der Waals surface area contributed by atoms with E-state index in [9.17, 15) is 4.39 Å². The Morgan fingerprint density at radius 2 is 2.05 bits per heavy atom. The van der Waals surface area contributed by atoms with Crippen LogP contribution in [0.5, 0.6) is 0 Å². The number of hydrogen-bond donors (Lipinski definition) is 2. The molecule has 0 aliphatic heterocycles. The first-order valence-electron chi connectivity index (χ1n) is 6.26. The number of nitriles is 1. The number of nitrogens with zero attached hydrogens (tertiary/aromatic N) is 1. The third-order valence-corrected chi connectivity index (χ3v) is 3.24. The highest BCUT2D eigenvalue weighted by Crippen LogP contribution is 2.20. The number of aromatic nitrogens is 1. The molecule has 3 nitrogen and oxygen atoms in total. The molecule has 0 radical (unpaired) electrons.